The number of aromatic nitrogens is 2. The second-order valence-electron chi connectivity index (χ2n) is 5.78. The van der Waals surface area contributed by atoms with Crippen LogP contribution in [-0.2, 0) is 21.4 Å². The predicted molar refractivity (Wildman–Crippen MR) is 96.8 cm³/mol. The third kappa shape index (κ3) is 3.76. The van der Waals surface area contributed by atoms with E-state index in [0.29, 0.717) is 11.5 Å². The molecule has 1 unspecified atom stereocenters. The van der Waals surface area contributed by atoms with Crippen LogP contribution in [0.2, 0.25) is 0 Å². The number of aryl methyl sites for hydroxylation is 1. The van der Waals surface area contributed by atoms with Crippen LogP contribution in [0.4, 0.5) is 5.82 Å². The van der Waals surface area contributed by atoms with Crippen LogP contribution < -0.4 is 10.1 Å². The van der Waals surface area contributed by atoms with Gasteiger partial charge in [-0.1, -0.05) is 17.3 Å². The van der Waals surface area contributed by atoms with Crippen LogP contribution in [0, 0.1) is 0 Å². The van der Waals surface area contributed by atoms with Gasteiger partial charge >= 0.3 is 5.97 Å². The number of hydrogen-bond donors (Lipinski definition) is 1. The molecule has 1 aliphatic rings. The third-order valence-electron chi connectivity index (χ3n) is 4.05. The van der Waals surface area contributed by atoms with Gasteiger partial charge in [-0.15, -0.1) is 0 Å². The Morgan fingerprint density at radius 1 is 1.37 bits per heavy atom. The fraction of sp³-hybridized carbons (Fsp3) is 0.333. The summed E-state index contributed by atoms with van der Waals surface area (Å²) in [4.78, 5) is 29.9. The van der Waals surface area contributed by atoms with E-state index in [1.807, 2.05) is 24.3 Å². The zero-order valence-corrected chi connectivity index (χ0v) is 15.3. The van der Waals surface area contributed by atoms with Crippen molar-refractivity contribution >= 4 is 23.4 Å². The number of benzene rings is 1. The minimum absolute atomic E-state index is 0.177. The second-order valence-corrected chi connectivity index (χ2v) is 5.78. The monoisotopic (exact) mass is 372 g/mol. The number of rotatable bonds is 6. The molecule has 9 heteroatoms. The minimum Gasteiger partial charge on any atom is -0.496 e. The highest BCUT2D eigenvalue weighted by molar-refractivity contribution is 6.08. The average molecular weight is 372 g/mol. The molecule has 1 aromatic carbocycles. The fourth-order valence-electron chi connectivity index (χ4n) is 2.70. The average Bonchev–Trinajstić information content (AvgIpc) is 3.30. The summed E-state index contributed by atoms with van der Waals surface area (Å²) in [6, 6.07) is 7.37. The molecule has 0 saturated heterocycles. The van der Waals surface area contributed by atoms with Gasteiger partial charge in [0.15, 0.2) is 0 Å². The highest BCUT2D eigenvalue weighted by atomic mass is 16.6. The molecule has 3 rings (SSSR count). The Hall–Kier alpha value is -3.36. The molecule has 1 aromatic heterocycles. The second kappa shape index (κ2) is 7.90. The van der Waals surface area contributed by atoms with Crippen molar-refractivity contribution in [3.8, 4) is 5.75 Å². The highest BCUT2D eigenvalue weighted by Crippen LogP contribution is 2.25. The highest BCUT2D eigenvalue weighted by Gasteiger charge is 2.31. The van der Waals surface area contributed by atoms with Crippen molar-refractivity contribution in [1.82, 2.24) is 9.78 Å². The van der Waals surface area contributed by atoms with Crippen molar-refractivity contribution in [2.75, 3.05) is 19.0 Å². The van der Waals surface area contributed by atoms with Crippen LogP contribution in [0.1, 0.15) is 29.3 Å². The SMILES string of the molecule is CCOC(=O)c1cnn(C)c1NC(=O)C1CC(c2ccccc2OC)=NO1. The molecule has 0 bridgehead atoms. The van der Waals surface area contributed by atoms with Crippen molar-refractivity contribution in [3.05, 3.63) is 41.6 Å². The number of hydrogen-bond acceptors (Lipinski definition) is 7. The Kier molecular flexibility index (Phi) is 5.39. The van der Waals surface area contributed by atoms with Crippen LogP contribution in [-0.4, -0.2) is 47.2 Å². The van der Waals surface area contributed by atoms with E-state index in [1.54, 1.807) is 21.1 Å². The van der Waals surface area contributed by atoms with Gasteiger partial charge in [-0.25, -0.2) is 4.79 Å². The van der Waals surface area contributed by atoms with Gasteiger partial charge < -0.3 is 19.6 Å². The van der Waals surface area contributed by atoms with Crippen LogP contribution in [0.15, 0.2) is 35.6 Å². The van der Waals surface area contributed by atoms with E-state index in [-0.39, 0.29) is 24.4 Å². The molecule has 1 N–H and O–H groups in total. The maximum absolute atomic E-state index is 12.6. The largest absolute Gasteiger partial charge is 0.496 e. The topological polar surface area (TPSA) is 104 Å². The van der Waals surface area contributed by atoms with Gasteiger partial charge in [-0.3, -0.25) is 9.48 Å². The lowest BCUT2D eigenvalue weighted by Gasteiger charge is -2.11. The minimum atomic E-state index is -0.824. The summed E-state index contributed by atoms with van der Waals surface area (Å²) in [5, 5.41) is 10.7. The van der Waals surface area contributed by atoms with Crippen molar-refractivity contribution in [2.45, 2.75) is 19.4 Å². The zero-order chi connectivity index (χ0) is 19.4. The van der Waals surface area contributed by atoms with Crippen molar-refractivity contribution in [1.29, 1.82) is 0 Å². The van der Waals surface area contributed by atoms with Crippen molar-refractivity contribution < 1.29 is 23.9 Å². The quantitative estimate of drug-likeness (QED) is 0.775. The molecule has 0 fully saturated rings. The molecule has 2 aromatic rings. The van der Waals surface area contributed by atoms with E-state index < -0.39 is 18.0 Å². The first-order chi connectivity index (χ1) is 13.0. The molecule has 0 spiro atoms. The fourth-order valence-corrected chi connectivity index (χ4v) is 2.70. The molecule has 1 atom stereocenters. The maximum Gasteiger partial charge on any atom is 0.343 e. The number of carbonyl (C=O) groups excluding carboxylic acids is 2. The molecular weight excluding hydrogens is 352 g/mol. The normalized spacial score (nSPS) is 15.7. The number of esters is 1. The number of anilines is 1. The number of para-hydroxylation sites is 1. The lowest BCUT2D eigenvalue weighted by molar-refractivity contribution is -0.125. The molecular formula is C18H20N4O5. The van der Waals surface area contributed by atoms with Crippen LogP contribution in [0.25, 0.3) is 0 Å². The Bertz CT molecular complexity index is 890. The van der Waals surface area contributed by atoms with Crippen LogP contribution in [0.5, 0.6) is 5.75 Å². The van der Waals surface area contributed by atoms with Gasteiger partial charge in [-0.05, 0) is 19.1 Å². The summed E-state index contributed by atoms with van der Waals surface area (Å²) in [6.07, 6.45) is 0.799. The maximum atomic E-state index is 12.6. The number of ether oxygens (including phenoxy) is 2. The molecule has 1 amide bonds. The first-order valence-corrected chi connectivity index (χ1v) is 8.41. The Morgan fingerprint density at radius 2 is 2.15 bits per heavy atom. The predicted octanol–water partition coefficient (Wildman–Crippen LogP) is 1.74. The molecule has 27 heavy (non-hydrogen) atoms. The lowest BCUT2D eigenvalue weighted by atomic mass is 10.0. The summed E-state index contributed by atoms with van der Waals surface area (Å²) in [5.74, 6) is -0.0954. The number of nitrogens with one attached hydrogen (secondary N) is 1. The van der Waals surface area contributed by atoms with Gasteiger partial charge in [0.2, 0.25) is 6.10 Å². The van der Waals surface area contributed by atoms with Gasteiger partial charge in [0.25, 0.3) is 5.91 Å². The summed E-state index contributed by atoms with van der Waals surface area (Å²) in [7, 11) is 3.18. The summed E-state index contributed by atoms with van der Waals surface area (Å²) in [6.45, 7) is 1.93. The van der Waals surface area contributed by atoms with E-state index in [4.69, 9.17) is 14.3 Å². The number of oxime groups is 1. The third-order valence-corrected chi connectivity index (χ3v) is 4.05. The van der Waals surface area contributed by atoms with Crippen LogP contribution >= 0.6 is 0 Å². The Labute approximate surface area is 155 Å². The first-order valence-electron chi connectivity index (χ1n) is 8.41. The summed E-state index contributed by atoms with van der Waals surface area (Å²) < 4.78 is 11.7. The Morgan fingerprint density at radius 3 is 2.89 bits per heavy atom. The summed E-state index contributed by atoms with van der Waals surface area (Å²) in [5.41, 5.74) is 1.56. The number of methoxy groups -OCH3 is 1. The smallest absolute Gasteiger partial charge is 0.343 e. The van der Waals surface area contributed by atoms with E-state index >= 15 is 0 Å². The molecule has 9 nitrogen and oxygen atoms in total. The molecule has 0 radical (unpaired) electrons. The summed E-state index contributed by atoms with van der Waals surface area (Å²) >= 11 is 0. The van der Waals surface area contributed by atoms with E-state index in [2.05, 4.69) is 15.6 Å². The van der Waals surface area contributed by atoms with Gasteiger partial charge in [0.05, 0.1) is 25.6 Å². The zero-order valence-electron chi connectivity index (χ0n) is 15.3. The van der Waals surface area contributed by atoms with Crippen LogP contribution in [0.3, 0.4) is 0 Å². The first kappa shape index (κ1) is 18.4. The Balaban J connectivity index is 1.71. The molecule has 2 heterocycles. The van der Waals surface area contributed by atoms with Crippen molar-refractivity contribution in [2.24, 2.45) is 12.2 Å². The number of nitrogens with zero attached hydrogens (tertiary/aromatic N) is 3. The number of amides is 1. The standard InChI is InChI=1S/C18H20N4O5/c1-4-26-18(24)12-10-19-22(2)16(12)20-17(23)15-9-13(21-27-15)11-7-5-6-8-14(11)25-3/h5-8,10,15H,4,9H2,1-3H3,(H,20,23). The number of carbonyl (C=O) groups is 2. The van der Waals surface area contributed by atoms with Gasteiger partial charge in [-0.2, -0.15) is 5.10 Å². The molecule has 0 aliphatic carbocycles. The molecule has 142 valence electrons. The van der Waals surface area contributed by atoms with Crippen molar-refractivity contribution in [3.63, 3.8) is 0 Å². The van der Waals surface area contributed by atoms with E-state index in [0.717, 1.165) is 5.56 Å². The molecule has 1 aliphatic heterocycles. The van der Waals surface area contributed by atoms with Gasteiger partial charge in [0.1, 0.15) is 17.1 Å². The molecule has 0 saturated carbocycles. The van der Waals surface area contributed by atoms with E-state index in [1.165, 1.54) is 10.9 Å². The van der Waals surface area contributed by atoms with E-state index in [9.17, 15) is 9.59 Å². The lowest BCUT2D eigenvalue weighted by Crippen LogP contribution is -2.29. The van der Waals surface area contributed by atoms with Gasteiger partial charge in [0, 0.05) is 19.0 Å².